The number of aryl methyl sites for hydroxylation is 2. The number of piperidine rings is 1. The number of aromatic amines is 1. The number of H-pyrrole nitrogens is 1. The van der Waals surface area contributed by atoms with Gasteiger partial charge < -0.3 is 9.88 Å². The zero-order valence-electron chi connectivity index (χ0n) is 20.6. The Kier molecular flexibility index (Phi) is 6.43. The van der Waals surface area contributed by atoms with Crippen molar-refractivity contribution in [3.8, 4) is 11.4 Å². The van der Waals surface area contributed by atoms with Crippen LogP contribution in [0, 0.1) is 6.92 Å². The summed E-state index contributed by atoms with van der Waals surface area (Å²) in [6.45, 7) is 8.63. The summed E-state index contributed by atoms with van der Waals surface area (Å²) in [7, 11) is 5.33. The van der Waals surface area contributed by atoms with E-state index in [-0.39, 0.29) is 11.5 Å². The van der Waals surface area contributed by atoms with Gasteiger partial charge in [0.05, 0.1) is 12.2 Å². The third-order valence-electron chi connectivity index (χ3n) is 6.86. The quantitative estimate of drug-likeness (QED) is 0.646. The number of aromatic nitrogens is 3. The lowest BCUT2D eigenvalue weighted by molar-refractivity contribution is -0.130. The third kappa shape index (κ3) is 4.60. The molecule has 0 radical (unpaired) electrons. The number of likely N-dealkylation sites (N-methyl/N-ethyl adjacent to an activating group) is 1. The Morgan fingerprint density at radius 2 is 1.91 bits per heavy atom. The molecule has 1 amide bonds. The Labute approximate surface area is 195 Å². The normalized spacial score (nSPS) is 15.5. The molecule has 0 bridgehead atoms. The van der Waals surface area contributed by atoms with Gasteiger partial charge in [-0.05, 0) is 74.0 Å². The molecule has 1 fully saturated rings. The van der Waals surface area contributed by atoms with Gasteiger partial charge >= 0.3 is 0 Å². The van der Waals surface area contributed by atoms with Crippen LogP contribution in [0.1, 0.15) is 55.2 Å². The fourth-order valence-electron chi connectivity index (χ4n) is 4.92. The van der Waals surface area contributed by atoms with Crippen LogP contribution in [0.25, 0.3) is 22.3 Å². The van der Waals surface area contributed by atoms with E-state index in [4.69, 9.17) is 0 Å². The van der Waals surface area contributed by atoms with Gasteiger partial charge in [-0.3, -0.25) is 14.5 Å². The molecule has 7 nitrogen and oxygen atoms in total. The average Bonchev–Trinajstić information content (AvgIpc) is 3.16. The Bertz CT molecular complexity index is 1200. The number of carbonyl (C=O) groups excluding carboxylic acids is 1. The second-order valence-corrected chi connectivity index (χ2v) is 9.85. The summed E-state index contributed by atoms with van der Waals surface area (Å²) in [5, 5.41) is 5.77. The largest absolute Gasteiger partial charge is 0.353 e. The standard InChI is InChI=1S/C26H35N5O2/c1-16(2)24-20-14-19(18-9-11-31(12-10-18)15-23(32)29(4)5)7-8-21(20)27-25(24)22-13-17(3)26(33)30(6)28-22/h7-8,13-14,16,18,27H,9-12,15H2,1-6H3. The number of benzene rings is 1. The van der Waals surface area contributed by atoms with Crippen molar-refractivity contribution in [2.45, 2.75) is 45.4 Å². The molecule has 176 valence electrons. The number of amides is 1. The molecule has 7 heteroatoms. The lowest BCUT2D eigenvalue weighted by Crippen LogP contribution is -2.40. The van der Waals surface area contributed by atoms with Crippen molar-refractivity contribution in [3.63, 3.8) is 0 Å². The number of nitrogens with one attached hydrogen (secondary N) is 1. The van der Waals surface area contributed by atoms with E-state index in [2.05, 4.69) is 47.0 Å². The van der Waals surface area contributed by atoms with Crippen LogP contribution in [-0.4, -0.2) is 64.2 Å². The second-order valence-electron chi connectivity index (χ2n) is 9.85. The molecule has 1 saturated heterocycles. The summed E-state index contributed by atoms with van der Waals surface area (Å²) in [6.07, 6.45) is 2.12. The van der Waals surface area contributed by atoms with Gasteiger partial charge in [-0.2, -0.15) is 5.10 Å². The number of fused-ring (bicyclic) bond motifs is 1. The van der Waals surface area contributed by atoms with Crippen molar-refractivity contribution in [2.75, 3.05) is 33.7 Å². The van der Waals surface area contributed by atoms with Gasteiger partial charge in [-0.15, -0.1) is 0 Å². The van der Waals surface area contributed by atoms with Crippen LogP contribution in [0.5, 0.6) is 0 Å². The summed E-state index contributed by atoms with van der Waals surface area (Å²) in [4.78, 5) is 31.7. The van der Waals surface area contributed by atoms with Crippen molar-refractivity contribution >= 4 is 16.8 Å². The smallest absolute Gasteiger partial charge is 0.269 e. The first-order valence-electron chi connectivity index (χ1n) is 11.8. The molecule has 0 aliphatic carbocycles. The Morgan fingerprint density at radius 3 is 2.52 bits per heavy atom. The maximum Gasteiger partial charge on any atom is 0.269 e. The zero-order chi connectivity index (χ0) is 23.9. The summed E-state index contributed by atoms with van der Waals surface area (Å²) in [5.74, 6) is 0.970. The maximum atomic E-state index is 12.1. The van der Waals surface area contributed by atoms with Gasteiger partial charge in [0.1, 0.15) is 5.69 Å². The van der Waals surface area contributed by atoms with E-state index in [0.29, 0.717) is 23.9 Å². The van der Waals surface area contributed by atoms with E-state index < -0.39 is 0 Å². The third-order valence-corrected chi connectivity index (χ3v) is 6.86. The first-order valence-corrected chi connectivity index (χ1v) is 11.8. The molecule has 1 aliphatic rings. The molecule has 1 N–H and O–H groups in total. The molecular weight excluding hydrogens is 414 g/mol. The minimum atomic E-state index is -0.0677. The molecule has 2 aromatic heterocycles. The second kappa shape index (κ2) is 9.14. The van der Waals surface area contributed by atoms with Crippen LogP contribution >= 0.6 is 0 Å². The Hall–Kier alpha value is -2.93. The molecule has 4 rings (SSSR count). The van der Waals surface area contributed by atoms with E-state index in [0.717, 1.165) is 42.8 Å². The molecule has 0 unspecified atom stereocenters. The number of likely N-dealkylation sites (tertiary alicyclic amines) is 1. The van der Waals surface area contributed by atoms with E-state index in [1.165, 1.54) is 21.2 Å². The zero-order valence-corrected chi connectivity index (χ0v) is 20.6. The molecular formula is C26H35N5O2. The molecule has 0 saturated carbocycles. The first kappa shape index (κ1) is 23.2. The number of nitrogens with zero attached hydrogens (tertiary/aromatic N) is 4. The van der Waals surface area contributed by atoms with E-state index in [1.54, 1.807) is 11.9 Å². The Balaban J connectivity index is 1.64. The van der Waals surface area contributed by atoms with E-state index in [9.17, 15) is 9.59 Å². The first-order chi connectivity index (χ1) is 15.7. The van der Waals surface area contributed by atoms with Crippen molar-refractivity contribution in [3.05, 3.63) is 51.3 Å². The fraction of sp³-hybridized carbons (Fsp3) is 0.500. The van der Waals surface area contributed by atoms with Crippen LogP contribution in [-0.2, 0) is 11.8 Å². The lowest BCUT2D eigenvalue weighted by Gasteiger charge is -2.32. The maximum absolute atomic E-state index is 12.1. The van der Waals surface area contributed by atoms with Gasteiger partial charge in [-0.1, -0.05) is 19.9 Å². The highest BCUT2D eigenvalue weighted by Crippen LogP contribution is 2.37. The van der Waals surface area contributed by atoms with Crippen LogP contribution in [0.2, 0.25) is 0 Å². The van der Waals surface area contributed by atoms with Crippen molar-refractivity contribution < 1.29 is 4.79 Å². The fourth-order valence-corrected chi connectivity index (χ4v) is 4.92. The summed E-state index contributed by atoms with van der Waals surface area (Å²) in [6, 6.07) is 8.63. The highest BCUT2D eigenvalue weighted by molar-refractivity contribution is 5.91. The predicted molar refractivity (Wildman–Crippen MR) is 133 cm³/mol. The molecule has 0 spiro atoms. The van der Waals surface area contributed by atoms with Gasteiger partial charge in [-0.25, -0.2) is 4.68 Å². The lowest BCUT2D eigenvalue weighted by atomic mass is 9.87. The van der Waals surface area contributed by atoms with E-state index in [1.807, 2.05) is 27.1 Å². The van der Waals surface area contributed by atoms with Gasteiger partial charge in [0.2, 0.25) is 5.91 Å². The average molecular weight is 450 g/mol. The summed E-state index contributed by atoms with van der Waals surface area (Å²) in [5.41, 5.74) is 6.12. The summed E-state index contributed by atoms with van der Waals surface area (Å²) < 4.78 is 1.42. The molecule has 3 heterocycles. The highest BCUT2D eigenvalue weighted by Gasteiger charge is 2.24. The van der Waals surface area contributed by atoms with Gasteiger partial charge in [0.25, 0.3) is 5.56 Å². The number of rotatable bonds is 5. The molecule has 1 aromatic carbocycles. The van der Waals surface area contributed by atoms with Gasteiger partial charge in [0.15, 0.2) is 0 Å². The van der Waals surface area contributed by atoms with Crippen LogP contribution in [0.15, 0.2) is 29.1 Å². The number of hydrogen-bond donors (Lipinski definition) is 1. The number of hydrogen-bond acceptors (Lipinski definition) is 4. The minimum Gasteiger partial charge on any atom is -0.353 e. The Morgan fingerprint density at radius 1 is 1.21 bits per heavy atom. The van der Waals surface area contributed by atoms with Crippen LogP contribution in [0.4, 0.5) is 0 Å². The minimum absolute atomic E-state index is 0.0677. The van der Waals surface area contributed by atoms with Crippen molar-refractivity contribution in [2.24, 2.45) is 7.05 Å². The number of carbonyl (C=O) groups is 1. The topological polar surface area (TPSA) is 74.2 Å². The predicted octanol–water partition coefficient (Wildman–Crippen LogP) is 3.63. The molecule has 33 heavy (non-hydrogen) atoms. The summed E-state index contributed by atoms with van der Waals surface area (Å²) >= 11 is 0. The van der Waals surface area contributed by atoms with Crippen LogP contribution in [0.3, 0.4) is 0 Å². The molecule has 3 aromatic rings. The van der Waals surface area contributed by atoms with Crippen molar-refractivity contribution in [1.29, 1.82) is 0 Å². The SMILES string of the molecule is Cc1cc(-c2[nH]c3ccc(C4CCN(CC(=O)N(C)C)CC4)cc3c2C(C)C)nn(C)c1=O. The molecule has 1 aliphatic heterocycles. The monoisotopic (exact) mass is 449 g/mol. The van der Waals surface area contributed by atoms with Gasteiger partial charge in [0, 0.05) is 37.6 Å². The molecule has 0 atom stereocenters. The van der Waals surface area contributed by atoms with E-state index >= 15 is 0 Å². The van der Waals surface area contributed by atoms with Crippen molar-refractivity contribution in [1.82, 2.24) is 24.6 Å². The van der Waals surface area contributed by atoms with Crippen LogP contribution < -0.4 is 5.56 Å². The highest BCUT2D eigenvalue weighted by atomic mass is 16.2.